The number of anilines is 2. The average Bonchev–Trinajstić information content (AvgIpc) is 2.90. The molecule has 37 heavy (non-hydrogen) atoms. The molecule has 0 saturated carbocycles. The summed E-state index contributed by atoms with van der Waals surface area (Å²) < 4.78 is 57.2. The van der Waals surface area contributed by atoms with Gasteiger partial charge in [-0.15, -0.1) is 0 Å². The Bertz CT molecular complexity index is 1400. The van der Waals surface area contributed by atoms with Gasteiger partial charge in [0.15, 0.2) is 0 Å². The molecule has 0 atom stereocenters. The average molecular weight is 535 g/mol. The highest BCUT2D eigenvalue weighted by molar-refractivity contribution is 7.93. The predicted octanol–water partition coefficient (Wildman–Crippen LogP) is 5.78. The van der Waals surface area contributed by atoms with Gasteiger partial charge >= 0.3 is 0 Å². The van der Waals surface area contributed by atoms with Crippen LogP contribution in [0.4, 0.5) is 11.4 Å². The molecule has 0 aliphatic rings. The third-order valence-electron chi connectivity index (χ3n) is 6.03. The summed E-state index contributed by atoms with van der Waals surface area (Å²) in [6.07, 6.45) is 0.278. The fraction of sp³-hybridized carbons (Fsp3) is 0.172. The Morgan fingerprint density at radius 3 is 1.14 bits per heavy atom. The predicted molar refractivity (Wildman–Crippen MR) is 149 cm³/mol. The lowest BCUT2D eigenvalue weighted by Gasteiger charge is -2.28. The van der Waals surface area contributed by atoms with Gasteiger partial charge < -0.3 is 0 Å². The zero-order valence-corrected chi connectivity index (χ0v) is 22.5. The van der Waals surface area contributed by atoms with E-state index in [9.17, 15) is 16.8 Å². The Morgan fingerprint density at radius 1 is 0.486 bits per heavy atom. The van der Waals surface area contributed by atoms with Crippen molar-refractivity contribution in [3.63, 3.8) is 0 Å². The molecular formula is C29H30N2O4S2. The van der Waals surface area contributed by atoms with Crippen LogP contribution in [0.2, 0.25) is 0 Å². The molecule has 0 spiro atoms. The first kappa shape index (κ1) is 26.4. The maximum atomic E-state index is 13.6. The molecule has 8 heteroatoms. The molecule has 0 radical (unpaired) electrons. The van der Waals surface area contributed by atoms with Gasteiger partial charge in [0.25, 0.3) is 20.0 Å². The van der Waals surface area contributed by atoms with Gasteiger partial charge in [-0.2, -0.15) is 0 Å². The molecule has 4 aromatic rings. The van der Waals surface area contributed by atoms with E-state index in [0.717, 1.165) is 11.1 Å². The second-order valence-corrected chi connectivity index (χ2v) is 12.5. The standard InChI is InChI=1S/C29H30N2O4S2/c1-24-14-18-28(19-15-24)36(32,33)30(26-10-5-3-6-11-26)22-9-23-31(27-12-7-4-8-13-27)37(34,35)29-20-16-25(2)17-21-29/h3-8,10-21H,9,22-23H2,1-2H3. The van der Waals surface area contributed by atoms with Gasteiger partial charge in [-0.1, -0.05) is 71.8 Å². The van der Waals surface area contributed by atoms with Crippen LogP contribution in [0.3, 0.4) is 0 Å². The van der Waals surface area contributed by atoms with Gasteiger partial charge in [-0.25, -0.2) is 16.8 Å². The van der Waals surface area contributed by atoms with Crippen molar-refractivity contribution in [3.05, 3.63) is 120 Å². The highest BCUT2D eigenvalue weighted by Crippen LogP contribution is 2.27. The fourth-order valence-electron chi connectivity index (χ4n) is 4.00. The Morgan fingerprint density at radius 2 is 0.811 bits per heavy atom. The van der Waals surface area contributed by atoms with E-state index < -0.39 is 20.0 Å². The van der Waals surface area contributed by atoms with E-state index >= 15 is 0 Å². The van der Waals surface area contributed by atoms with Crippen molar-refractivity contribution in [1.82, 2.24) is 0 Å². The Balaban J connectivity index is 1.64. The molecule has 0 amide bonds. The van der Waals surface area contributed by atoms with Crippen LogP contribution < -0.4 is 8.61 Å². The summed E-state index contributed by atoms with van der Waals surface area (Å²) in [5.74, 6) is 0. The number of para-hydroxylation sites is 2. The normalized spacial score (nSPS) is 11.7. The summed E-state index contributed by atoms with van der Waals surface area (Å²) >= 11 is 0. The van der Waals surface area contributed by atoms with E-state index in [1.807, 2.05) is 26.0 Å². The minimum Gasteiger partial charge on any atom is -0.266 e. The Labute approximate surface area is 219 Å². The van der Waals surface area contributed by atoms with Crippen LogP contribution in [0.15, 0.2) is 119 Å². The number of aryl methyl sites for hydroxylation is 2. The molecule has 192 valence electrons. The summed E-state index contributed by atoms with van der Waals surface area (Å²) in [5, 5.41) is 0. The lowest BCUT2D eigenvalue weighted by Crippen LogP contribution is -2.36. The highest BCUT2D eigenvalue weighted by Gasteiger charge is 2.28. The van der Waals surface area contributed by atoms with Crippen LogP contribution in [-0.4, -0.2) is 29.9 Å². The minimum atomic E-state index is -3.86. The molecule has 0 N–H and O–H groups in total. The summed E-state index contributed by atoms with van der Waals surface area (Å²) in [5.41, 5.74) is 2.97. The van der Waals surface area contributed by atoms with Gasteiger partial charge in [0.05, 0.1) is 21.2 Å². The van der Waals surface area contributed by atoms with E-state index in [2.05, 4.69) is 0 Å². The quantitative estimate of drug-likeness (QED) is 0.258. The number of rotatable bonds is 10. The summed E-state index contributed by atoms with van der Waals surface area (Å²) in [4.78, 5) is 0.378. The number of hydrogen-bond acceptors (Lipinski definition) is 4. The number of hydrogen-bond donors (Lipinski definition) is 0. The molecule has 0 aromatic heterocycles. The summed E-state index contributed by atoms with van der Waals surface area (Å²) in [6.45, 7) is 4.01. The molecule has 0 bridgehead atoms. The largest absolute Gasteiger partial charge is 0.266 e. The third kappa shape index (κ3) is 6.03. The Hall–Kier alpha value is -3.62. The van der Waals surface area contributed by atoms with Crippen molar-refractivity contribution in [1.29, 1.82) is 0 Å². The maximum absolute atomic E-state index is 13.6. The molecule has 0 unspecified atom stereocenters. The van der Waals surface area contributed by atoms with Crippen LogP contribution in [0.25, 0.3) is 0 Å². The smallest absolute Gasteiger partial charge is 0.264 e. The Kier molecular flexibility index (Phi) is 8.00. The third-order valence-corrected chi connectivity index (χ3v) is 9.71. The topological polar surface area (TPSA) is 74.8 Å². The number of nitrogens with zero attached hydrogens (tertiary/aromatic N) is 2. The van der Waals surface area contributed by atoms with Crippen molar-refractivity contribution in [2.24, 2.45) is 0 Å². The molecule has 6 nitrogen and oxygen atoms in total. The number of benzene rings is 4. The SMILES string of the molecule is Cc1ccc(S(=O)(=O)N(CCCN(c2ccccc2)S(=O)(=O)c2ccc(C)cc2)c2ccccc2)cc1. The minimum absolute atomic E-state index is 0.104. The van der Waals surface area contributed by atoms with Gasteiger partial charge in [-0.3, -0.25) is 8.61 Å². The summed E-state index contributed by atoms with van der Waals surface area (Å²) in [7, 11) is -7.72. The highest BCUT2D eigenvalue weighted by atomic mass is 32.2. The molecule has 0 aliphatic heterocycles. The molecule has 4 rings (SSSR count). The van der Waals surface area contributed by atoms with Crippen molar-refractivity contribution < 1.29 is 16.8 Å². The second kappa shape index (κ2) is 11.2. The van der Waals surface area contributed by atoms with Crippen molar-refractivity contribution >= 4 is 31.4 Å². The van der Waals surface area contributed by atoms with E-state index in [1.165, 1.54) is 8.61 Å². The fourth-order valence-corrected chi connectivity index (χ4v) is 7.00. The maximum Gasteiger partial charge on any atom is 0.264 e. The van der Waals surface area contributed by atoms with E-state index in [1.54, 1.807) is 97.1 Å². The van der Waals surface area contributed by atoms with Gasteiger partial charge in [0.2, 0.25) is 0 Å². The zero-order valence-electron chi connectivity index (χ0n) is 20.9. The van der Waals surface area contributed by atoms with Crippen molar-refractivity contribution in [2.45, 2.75) is 30.1 Å². The molecule has 0 fully saturated rings. The second-order valence-electron chi connectivity index (χ2n) is 8.81. The lowest BCUT2D eigenvalue weighted by atomic mass is 10.2. The van der Waals surface area contributed by atoms with Crippen LogP contribution in [0, 0.1) is 13.8 Å². The number of sulfonamides is 2. The lowest BCUT2D eigenvalue weighted by molar-refractivity contribution is 0.586. The van der Waals surface area contributed by atoms with Gasteiger partial charge in [0.1, 0.15) is 0 Å². The molecule has 0 heterocycles. The monoisotopic (exact) mass is 534 g/mol. The molecular weight excluding hydrogens is 504 g/mol. The van der Waals surface area contributed by atoms with Gasteiger partial charge in [0, 0.05) is 13.1 Å². The van der Waals surface area contributed by atoms with Crippen LogP contribution in [0.1, 0.15) is 17.5 Å². The van der Waals surface area contributed by atoms with Crippen molar-refractivity contribution in [3.8, 4) is 0 Å². The zero-order chi connectivity index (χ0) is 26.5. The van der Waals surface area contributed by atoms with Crippen LogP contribution >= 0.6 is 0 Å². The van der Waals surface area contributed by atoms with Gasteiger partial charge in [-0.05, 0) is 68.8 Å². The molecule has 4 aromatic carbocycles. The summed E-state index contributed by atoms with van der Waals surface area (Å²) in [6, 6.07) is 31.2. The van der Waals surface area contributed by atoms with E-state index in [0.29, 0.717) is 11.4 Å². The first-order valence-electron chi connectivity index (χ1n) is 12.0. The molecule has 0 aliphatic carbocycles. The van der Waals surface area contributed by atoms with E-state index in [-0.39, 0.29) is 29.3 Å². The van der Waals surface area contributed by atoms with E-state index in [4.69, 9.17) is 0 Å². The first-order valence-corrected chi connectivity index (χ1v) is 14.9. The van der Waals surface area contributed by atoms with Crippen LogP contribution in [-0.2, 0) is 20.0 Å². The molecule has 0 saturated heterocycles. The van der Waals surface area contributed by atoms with Crippen LogP contribution in [0.5, 0.6) is 0 Å². The first-order chi connectivity index (χ1) is 17.7. The van der Waals surface area contributed by atoms with Crippen molar-refractivity contribution in [2.75, 3.05) is 21.7 Å².